The second kappa shape index (κ2) is 6.72. The Kier molecular flexibility index (Phi) is 5.53. The quantitative estimate of drug-likeness (QED) is 0.781. The van der Waals surface area contributed by atoms with Crippen LogP contribution in [0, 0.1) is 0 Å². The average molecular weight is 298 g/mol. The van der Waals surface area contributed by atoms with Crippen LogP contribution in [0.25, 0.3) is 0 Å². The molecule has 0 aliphatic heterocycles. The van der Waals surface area contributed by atoms with Gasteiger partial charge in [-0.25, -0.2) is 0 Å². The van der Waals surface area contributed by atoms with E-state index in [0.717, 1.165) is 6.42 Å². The van der Waals surface area contributed by atoms with Crippen molar-refractivity contribution in [3.63, 3.8) is 0 Å². The first kappa shape index (κ1) is 16.5. The molecule has 0 aromatic heterocycles. The van der Waals surface area contributed by atoms with E-state index in [1.807, 2.05) is 6.92 Å². The van der Waals surface area contributed by atoms with Gasteiger partial charge in [0.15, 0.2) is 0 Å². The Bertz CT molecular complexity index is 515. The van der Waals surface area contributed by atoms with Gasteiger partial charge >= 0.3 is 0 Å². The summed E-state index contributed by atoms with van der Waals surface area (Å²) in [5.74, 6) is -0.469. The summed E-state index contributed by atoms with van der Waals surface area (Å²) < 4.78 is 0. The van der Waals surface area contributed by atoms with Crippen LogP contribution in [-0.2, 0) is 9.59 Å². The molecule has 0 bridgehead atoms. The van der Waals surface area contributed by atoms with Crippen molar-refractivity contribution in [2.75, 3.05) is 10.6 Å². The molecule has 1 atom stereocenters. The molecule has 0 heterocycles. The second-order valence-electron chi connectivity index (χ2n) is 5.00. The van der Waals surface area contributed by atoms with E-state index < -0.39 is 5.54 Å². The molecular formula is C14H20ClN3O2. The van der Waals surface area contributed by atoms with Gasteiger partial charge in [-0.3, -0.25) is 9.59 Å². The largest absolute Gasteiger partial charge is 0.325 e. The summed E-state index contributed by atoms with van der Waals surface area (Å²) in [5.41, 5.74) is 6.08. The van der Waals surface area contributed by atoms with Crippen LogP contribution >= 0.6 is 11.6 Å². The summed E-state index contributed by atoms with van der Waals surface area (Å²) in [5, 5.41) is 5.68. The molecule has 20 heavy (non-hydrogen) atoms. The zero-order chi connectivity index (χ0) is 15.3. The number of nitrogens with two attached hydrogens (primary N) is 1. The van der Waals surface area contributed by atoms with E-state index in [-0.39, 0.29) is 11.8 Å². The van der Waals surface area contributed by atoms with Crippen LogP contribution < -0.4 is 16.4 Å². The molecular weight excluding hydrogens is 278 g/mol. The molecule has 0 spiro atoms. The van der Waals surface area contributed by atoms with Gasteiger partial charge in [-0.15, -0.1) is 0 Å². The predicted octanol–water partition coefficient (Wildman–Crippen LogP) is 2.75. The average Bonchev–Trinajstić information content (AvgIpc) is 2.32. The number of rotatable bonds is 5. The molecule has 0 aliphatic carbocycles. The van der Waals surface area contributed by atoms with Gasteiger partial charge in [0.2, 0.25) is 11.8 Å². The standard InChI is InChI=1S/C14H20ClN3O2/c1-4-7-14(3,16)13(20)18-10-5-6-12(11(15)8-10)17-9(2)19/h5-6,8H,4,7,16H2,1-3H3,(H,17,19)(H,18,20). The van der Waals surface area contributed by atoms with Crippen molar-refractivity contribution in [2.24, 2.45) is 5.73 Å². The van der Waals surface area contributed by atoms with E-state index in [4.69, 9.17) is 17.3 Å². The van der Waals surface area contributed by atoms with Crippen molar-refractivity contribution in [1.82, 2.24) is 0 Å². The highest BCUT2D eigenvalue weighted by molar-refractivity contribution is 6.34. The van der Waals surface area contributed by atoms with Gasteiger partial charge < -0.3 is 16.4 Å². The fourth-order valence-corrected chi connectivity index (χ4v) is 2.02. The minimum absolute atomic E-state index is 0.207. The van der Waals surface area contributed by atoms with Gasteiger partial charge in [0, 0.05) is 12.6 Å². The molecule has 0 aliphatic rings. The number of benzene rings is 1. The van der Waals surface area contributed by atoms with Crippen molar-refractivity contribution in [1.29, 1.82) is 0 Å². The third-order valence-electron chi connectivity index (χ3n) is 2.83. The number of nitrogens with one attached hydrogen (secondary N) is 2. The molecule has 0 radical (unpaired) electrons. The second-order valence-corrected chi connectivity index (χ2v) is 5.40. The van der Waals surface area contributed by atoms with Crippen LogP contribution in [0.2, 0.25) is 5.02 Å². The van der Waals surface area contributed by atoms with Gasteiger partial charge in [0.25, 0.3) is 0 Å². The van der Waals surface area contributed by atoms with E-state index in [2.05, 4.69) is 10.6 Å². The van der Waals surface area contributed by atoms with E-state index >= 15 is 0 Å². The number of anilines is 2. The van der Waals surface area contributed by atoms with Gasteiger partial charge in [0.05, 0.1) is 16.2 Å². The first-order valence-electron chi connectivity index (χ1n) is 6.43. The van der Waals surface area contributed by atoms with Crippen LogP contribution in [-0.4, -0.2) is 17.4 Å². The maximum absolute atomic E-state index is 12.0. The van der Waals surface area contributed by atoms with Crippen LogP contribution in [0.4, 0.5) is 11.4 Å². The highest BCUT2D eigenvalue weighted by Gasteiger charge is 2.27. The highest BCUT2D eigenvalue weighted by atomic mass is 35.5. The van der Waals surface area contributed by atoms with Gasteiger partial charge in [-0.05, 0) is 31.5 Å². The van der Waals surface area contributed by atoms with Crippen molar-refractivity contribution in [2.45, 2.75) is 39.2 Å². The Labute approximate surface area is 123 Å². The number of amides is 2. The Morgan fingerprint density at radius 1 is 1.35 bits per heavy atom. The summed E-state index contributed by atoms with van der Waals surface area (Å²) in [7, 11) is 0. The molecule has 1 unspecified atom stereocenters. The number of hydrogen-bond donors (Lipinski definition) is 3. The lowest BCUT2D eigenvalue weighted by atomic mass is 9.96. The van der Waals surface area contributed by atoms with Gasteiger partial charge in [0.1, 0.15) is 0 Å². The fourth-order valence-electron chi connectivity index (χ4n) is 1.79. The van der Waals surface area contributed by atoms with Crippen molar-refractivity contribution < 1.29 is 9.59 Å². The number of carbonyl (C=O) groups is 2. The first-order valence-corrected chi connectivity index (χ1v) is 6.81. The minimum atomic E-state index is -0.919. The Morgan fingerprint density at radius 3 is 2.50 bits per heavy atom. The zero-order valence-corrected chi connectivity index (χ0v) is 12.7. The first-order chi connectivity index (χ1) is 9.26. The normalized spacial score (nSPS) is 13.4. The minimum Gasteiger partial charge on any atom is -0.325 e. The van der Waals surface area contributed by atoms with E-state index in [1.54, 1.807) is 25.1 Å². The summed E-state index contributed by atoms with van der Waals surface area (Å²) in [4.78, 5) is 23.0. The molecule has 0 saturated carbocycles. The summed E-state index contributed by atoms with van der Waals surface area (Å²) in [6.45, 7) is 5.06. The number of carbonyl (C=O) groups excluding carboxylic acids is 2. The Morgan fingerprint density at radius 2 is 2.00 bits per heavy atom. The maximum Gasteiger partial charge on any atom is 0.244 e. The molecule has 2 amide bonds. The fraction of sp³-hybridized carbons (Fsp3) is 0.429. The molecule has 0 fully saturated rings. The summed E-state index contributed by atoms with van der Waals surface area (Å²) >= 11 is 6.04. The Hall–Kier alpha value is -1.59. The molecule has 1 aromatic carbocycles. The Balaban J connectivity index is 2.82. The molecule has 110 valence electrons. The lowest BCUT2D eigenvalue weighted by molar-refractivity contribution is -0.120. The van der Waals surface area contributed by atoms with Crippen molar-refractivity contribution in [3.05, 3.63) is 23.2 Å². The van der Waals surface area contributed by atoms with Crippen molar-refractivity contribution in [3.8, 4) is 0 Å². The monoisotopic (exact) mass is 297 g/mol. The van der Waals surface area contributed by atoms with Gasteiger partial charge in [-0.2, -0.15) is 0 Å². The van der Waals surface area contributed by atoms with E-state index in [0.29, 0.717) is 22.8 Å². The zero-order valence-electron chi connectivity index (χ0n) is 11.9. The summed E-state index contributed by atoms with van der Waals surface area (Å²) in [6, 6.07) is 4.87. The third-order valence-corrected chi connectivity index (χ3v) is 3.14. The SMILES string of the molecule is CCCC(C)(N)C(=O)Nc1ccc(NC(C)=O)c(Cl)c1. The predicted molar refractivity (Wildman–Crippen MR) is 81.9 cm³/mol. The van der Waals surface area contributed by atoms with Gasteiger partial charge in [-0.1, -0.05) is 24.9 Å². The van der Waals surface area contributed by atoms with E-state index in [1.165, 1.54) is 6.92 Å². The summed E-state index contributed by atoms with van der Waals surface area (Å²) in [6.07, 6.45) is 1.42. The molecule has 0 saturated heterocycles. The lowest BCUT2D eigenvalue weighted by Crippen LogP contribution is -2.48. The molecule has 6 heteroatoms. The van der Waals surface area contributed by atoms with Crippen LogP contribution in [0.5, 0.6) is 0 Å². The molecule has 1 aromatic rings. The highest BCUT2D eigenvalue weighted by Crippen LogP contribution is 2.26. The van der Waals surface area contributed by atoms with Crippen molar-refractivity contribution >= 4 is 34.8 Å². The third kappa shape index (κ3) is 4.51. The lowest BCUT2D eigenvalue weighted by Gasteiger charge is -2.23. The topological polar surface area (TPSA) is 84.2 Å². The van der Waals surface area contributed by atoms with E-state index in [9.17, 15) is 9.59 Å². The number of hydrogen-bond acceptors (Lipinski definition) is 3. The smallest absolute Gasteiger partial charge is 0.244 e. The maximum atomic E-state index is 12.0. The van der Waals surface area contributed by atoms with Crippen LogP contribution in [0.1, 0.15) is 33.6 Å². The van der Waals surface area contributed by atoms with Crippen LogP contribution in [0.15, 0.2) is 18.2 Å². The molecule has 4 N–H and O–H groups in total. The molecule has 5 nitrogen and oxygen atoms in total. The van der Waals surface area contributed by atoms with Crippen LogP contribution in [0.3, 0.4) is 0 Å². The molecule has 1 rings (SSSR count). The number of halogens is 1.